The van der Waals surface area contributed by atoms with Crippen molar-refractivity contribution >= 4 is 16.8 Å². The van der Waals surface area contributed by atoms with E-state index < -0.39 is 0 Å². The van der Waals surface area contributed by atoms with Gasteiger partial charge < -0.3 is 15.0 Å². The highest BCUT2D eigenvalue weighted by Gasteiger charge is 2.05. The summed E-state index contributed by atoms with van der Waals surface area (Å²) in [6.45, 7) is 3.16. The van der Waals surface area contributed by atoms with E-state index in [0.717, 1.165) is 35.9 Å². The molecule has 5 nitrogen and oxygen atoms in total. The van der Waals surface area contributed by atoms with Crippen LogP contribution in [0.15, 0.2) is 29.1 Å². The summed E-state index contributed by atoms with van der Waals surface area (Å²) in [5.74, 6) is 0.0120. The van der Waals surface area contributed by atoms with E-state index in [-0.39, 0.29) is 11.5 Å². The van der Waals surface area contributed by atoms with Gasteiger partial charge in [-0.05, 0) is 48.9 Å². The summed E-state index contributed by atoms with van der Waals surface area (Å²) in [5, 5.41) is 3.85. The number of ether oxygens (including phenoxy) is 1. The first-order valence-electron chi connectivity index (χ1n) is 7.48. The quantitative estimate of drug-likeness (QED) is 0.768. The van der Waals surface area contributed by atoms with Crippen LogP contribution >= 0.6 is 0 Å². The molecule has 0 radical (unpaired) electrons. The van der Waals surface area contributed by atoms with Crippen LogP contribution in [0, 0.1) is 6.92 Å². The smallest absolute Gasteiger partial charge is 0.251 e. The monoisotopic (exact) mass is 302 g/mol. The minimum atomic E-state index is -0.0750. The standard InChI is InChI=1S/C17H22N2O3/c1-12-9-14-10-13(5-6-15(14)19-17(12)21)11-16(20)18-7-3-4-8-22-2/h5-6,9-10H,3-4,7-8,11H2,1-2H3,(H,18,20)(H,19,21). The van der Waals surface area contributed by atoms with Crippen LogP contribution < -0.4 is 10.9 Å². The largest absolute Gasteiger partial charge is 0.385 e. The van der Waals surface area contributed by atoms with Crippen LogP contribution in [0.5, 0.6) is 0 Å². The summed E-state index contributed by atoms with van der Waals surface area (Å²) in [5.41, 5.74) is 2.33. The number of hydrogen-bond donors (Lipinski definition) is 2. The Morgan fingerprint density at radius 1 is 1.27 bits per heavy atom. The summed E-state index contributed by atoms with van der Waals surface area (Å²) < 4.78 is 4.97. The molecule has 1 heterocycles. The number of aryl methyl sites for hydroxylation is 1. The first kappa shape index (κ1) is 16.2. The number of methoxy groups -OCH3 is 1. The Morgan fingerprint density at radius 2 is 2.09 bits per heavy atom. The zero-order chi connectivity index (χ0) is 15.9. The number of hydrogen-bond acceptors (Lipinski definition) is 3. The second kappa shape index (κ2) is 7.75. The number of aromatic amines is 1. The fourth-order valence-electron chi connectivity index (χ4n) is 2.32. The Hall–Kier alpha value is -2.14. The van der Waals surface area contributed by atoms with Gasteiger partial charge in [0.1, 0.15) is 0 Å². The fourth-order valence-corrected chi connectivity index (χ4v) is 2.32. The number of rotatable bonds is 7. The second-order valence-electron chi connectivity index (χ2n) is 5.43. The Kier molecular flexibility index (Phi) is 5.72. The summed E-state index contributed by atoms with van der Waals surface area (Å²) in [6, 6.07) is 7.51. The van der Waals surface area contributed by atoms with E-state index in [4.69, 9.17) is 4.74 Å². The average Bonchev–Trinajstić information content (AvgIpc) is 2.48. The maximum absolute atomic E-state index is 11.9. The molecule has 0 saturated carbocycles. The van der Waals surface area contributed by atoms with Gasteiger partial charge in [0.15, 0.2) is 0 Å². The molecule has 2 N–H and O–H groups in total. The lowest BCUT2D eigenvalue weighted by Gasteiger charge is -2.06. The van der Waals surface area contributed by atoms with Gasteiger partial charge >= 0.3 is 0 Å². The summed E-state index contributed by atoms with van der Waals surface area (Å²) in [4.78, 5) is 26.3. The van der Waals surface area contributed by atoms with E-state index in [1.807, 2.05) is 24.3 Å². The zero-order valence-corrected chi connectivity index (χ0v) is 13.1. The topological polar surface area (TPSA) is 71.2 Å². The molecule has 0 aliphatic rings. The molecule has 0 unspecified atom stereocenters. The molecule has 0 aliphatic carbocycles. The average molecular weight is 302 g/mol. The number of fused-ring (bicyclic) bond motifs is 1. The van der Waals surface area contributed by atoms with Crippen LogP contribution in [-0.4, -0.2) is 31.2 Å². The van der Waals surface area contributed by atoms with Crippen molar-refractivity contribution in [3.63, 3.8) is 0 Å². The first-order chi connectivity index (χ1) is 10.6. The number of amides is 1. The fraction of sp³-hybridized carbons (Fsp3) is 0.412. The van der Waals surface area contributed by atoms with E-state index >= 15 is 0 Å². The third kappa shape index (κ3) is 4.43. The van der Waals surface area contributed by atoms with Crippen molar-refractivity contribution in [3.8, 4) is 0 Å². The zero-order valence-electron chi connectivity index (χ0n) is 13.1. The molecule has 22 heavy (non-hydrogen) atoms. The van der Waals surface area contributed by atoms with Crippen molar-refractivity contribution in [2.75, 3.05) is 20.3 Å². The van der Waals surface area contributed by atoms with Crippen molar-refractivity contribution in [3.05, 3.63) is 45.7 Å². The lowest BCUT2D eigenvalue weighted by Crippen LogP contribution is -2.26. The van der Waals surface area contributed by atoms with Gasteiger partial charge in [-0.3, -0.25) is 9.59 Å². The van der Waals surface area contributed by atoms with Gasteiger partial charge in [0.2, 0.25) is 5.91 Å². The van der Waals surface area contributed by atoms with Gasteiger partial charge in [-0.25, -0.2) is 0 Å². The van der Waals surface area contributed by atoms with Crippen LogP contribution in [0.1, 0.15) is 24.0 Å². The van der Waals surface area contributed by atoms with E-state index in [1.165, 1.54) is 0 Å². The SMILES string of the molecule is COCCCCNC(=O)Cc1ccc2[nH]c(=O)c(C)cc2c1. The number of carbonyl (C=O) groups is 1. The summed E-state index contributed by atoms with van der Waals surface area (Å²) in [6.07, 6.45) is 2.20. The van der Waals surface area contributed by atoms with Crippen LogP contribution in [-0.2, 0) is 16.0 Å². The maximum Gasteiger partial charge on any atom is 0.251 e. The number of nitrogens with one attached hydrogen (secondary N) is 2. The molecule has 1 amide bonds. The van der Waals surface area contributed by atoms with Gasteiger partial charge in [-0.1, -0.05) is 6.07 Å². The minimum absolute atomic E-state index is 0.0120. The van der Waals surface area contributed by atoms with E-state index in [2.05, 4.69) is 10.3 Å². The van der Waals surface area contributed by atoms with Crippen LogP contribution in [0.3, 0.4) is 0 Å². The molecule has 2 rings (SSSR count). The molecule has 1 aromatic carbocycles. The Bertz CT molecular complexity index is 707. The highest BCUT2D eigenvalue weighted by Crippen LogP contribution is 2.14. The van der Waals surface area contributed by atoms with E-state index in [1.54, 1.807) is 14.0 Å². The van der Waals surface area contributed by atoms with Gasteiger partial charge in [-0.2, -0.15) is 0 Å². The molecule has 5 heteroatoms. The number of benzene rings is 1. The minimum Gasteiger partial charge on any atom is -0.385 e. The van der Waals surface area contributed by atoms with Crippen molar-refractivity contribution in [1.29, 1.82) is 0 Å². The predicted octanol–water partition coefficient (Wildman–Crippen LogP) is 1.92. The van der Waals surface area contributed by atoms with Gasteiger partial charge in [0.05, 0.1) is 6.42 Å². The highest BCUT2D eigenvalue weighted by molar-refractivity contribution is 5.83. The summed E-state index contributed by atoms with van der Waals surface area (Å²) >= 11 is 0. The third-order valence-corrected chi connectivity index (χ3v) is 3.56. The Balaban J connectivity index is 1.95. The molecule has 0 saturated heterocycles. The molecule has 118 valence electrons. The van der Waals surface area contributed by atoms with Crippen molar-refractivity contribution in [2.45, 2.75) is 26.2 Å². The molecule has 0 fully saturated rings. The molecular formula is C17H22N2O3. The molecular weight excluding hydrogens is 280 g/mol. The lowest BCUT2D eigenvalue weighted by molar-refractivity contribution is -0.120. The number of pyridine rings is 1. The maximum atomic E-state index is 11.9. The molecule has 0 aliphatic heterocycles. The molecule has 0 bridgehead atoms. The lowest BCUT2D eigenvalue weighted by atomic mass is 10.1. The second-order valence-corrected chi connectivity index (χ2v) is 5.43. The first-order valence-corrected chi connectivity index (χ1v) is 7.48. The predicted molar refractivity (Wildman–Crippen MR) is 87.1 cm³/mol. The highest BCUT2D eigenvalue weighted by atomic mass is 16.5. The normalized spacial score (nSPS) is 10.8. The molecule has 0 atom stereocenters. The van der Waals surface area contributed by atoms with Crippen molar-refractivity contribution < 1.29 is 9.53 Å². The molecule has 0 spiro atoms. The van der Waals surface area contributed by atoms with Gasteiger partial charge in [0, 0.05) is 31.3 Å². The summed E-state index contributed by atoms with van der Waals surface area (Å²) in [7, 11) is 1.67. The number of unbranched alkanes of at least 4 members (excludes halogenated alkanes) is 1. The molecule has 2 aromatic rings. The van der Waals surface area contributed by atoms with Crippen LogP contribution in [0.4, 0.5) is 0 Å². The number of H-pyrrole nitrogens is 1. The van der Waals surface area contributed by atoms with E-state index in [9.17, 15) is 9.59 Å². The van der Waals surface area contributed by atoms with Gasteiger partial charge in [-0.15, -0.1) is 0 Å². The number of aromatic nitrogens is 1. The van der Waals surface area contributed by atoms with Crippen LogP contribution in [0.2, 0.25) is 0 Å². The third-order valence-electron chi connectivity index (χ3n) is 3.56. The van der Waals surface area contributed by atoms with Crippen molar-refractivity contribution in [2.24, 2.45) is 0 Å². The van der Waals surface area contributed by atoms with Crippen molar-refractivity contribution in [1.82, 2.24) is 10.3 Å². The Labute approximate surface area is 129 Å². The Morgan fingerprint density at radius 3 is 2.86 bits per heavy atom. The molecule has 1 aromatic heterocycles. The van der Waals surface area contributed by atoms with E-state index in [0.29, 0.717) is 18.5 Å². The van der Waals surface area contributed by atoms with Gasteiger partial charge in [0.25, 0.3) is 5.56 Å². The van der Waals surface area contributed by atoms with Crippen LogP contribution in [0.25, 0.3) is 10.9 Å². The number of carbonyl (C=O) groups excluding carboxylic acids is 1.